The standard InChI is InChI=1S/C18H26N2O3/c1-12(2)9-20-10-16(23-11-17(20)21)8-19-18(22)15-6-5-13(3)14(4)7-15/h5-7,12,16H,8-11H2,1-4H3,(H,19,22). The molecule has 1 unspecified atom stereocenters. The first kappa shape index (κ1) is 17.5. The molecule has 1 aromatic rings. The zero-order valence-electron chi connectivity index (χ0n) is 14.4. The van der Waals surface area contributed by atoms with E-state index in [2.05, 4.69) is 19.2 Å². The van der Waals surface area contributed by atoms with Crippen molar-refractivity contribution in [3.63, 3.8) is 0 Å². The maximum atomic E-state index is 12.2. The Morgan fingerprint density at radius 1 is 1.35 bits per heavy atom. The summed E-state index contributed by atoms with van der Waals surface area (Å²) in [6, 6.07) is 5.67. The van der Waals surface area contributed by atoms with Crippen molar-refractivity contribution >= 4 is 11.8 Å². The third-order valence-corrected chi connectivity index (χ3v) is 4.06. The first-order valence-corrected chi connectivity index (χ1v) is 8.11. The van der Waals surface area contributed by atoms with Gasteiger partial charge in [-0.2, -0.15) is 0 Å². The number of ether oxygens (including phenoxy) is 1. The molecular weight excluding hydrogens is 292 g/mol. The molecule has 1 N–H and O–H groups in total. The number of rotatable bonds is 5. The highest BCUT2D eigenvalue weighted by molar-refractivity contribution is 5.94. The largest absolute Gasteiger partial charge is 0.365 e. The fraction of sp³-hybridized carbons (Fsp3) is 0.556. The zero-order chi connectivity index (χ0) is 17.0. The van der Waals surface area contributed by atoms with Crippen LogP contribution in [0.15, 0.2) is 18.2 Å². The number of nitrogens with one attached hydrogen (secondary N) is 1. The lowest BCUT2D eigenvalue weighted by Gasteiger charge is -2.33. The van der Waals surface area contributed by atoms with E-state index in [0.717, 1.165) is 12.1 Å². The van der Waals surface area contributed by atoms with Gasteiger partial charge in [-0.15, -0.1) is 0 Å². The second kappa shape index (κ2) is 7.59. The van der Waals surface area contributed by atoms with Crippen LogP contribution in [-0.2, 0) is 9.53 Å². The molecule has 1 fully saturated rings. The molecule has 1 heterocycles. The topological polar surface area (TPSA) is 58.6 Å². The Labute approximate surface area is 138 Å². The molecule has 0 saturated carbocycles. The van der Waals surface area contributed by atoms with Gasteiger partial charge >= 0.3 is 0 Å². The van der Waals surface area contributed by atoms with Gasteiger partial charge in [-0.1, -0.05) is 19.9 Å². The van der Waals surface area contributed by atoms with Gasteiger partial charge in [0, 0.05) is 25.2 Å². The Bertz CT molecular complexity index is 584. The average Bonchev–Trinajstić information content (AvgIpc) is 2.50. The SMILES string of the molecule is Cc1ccc(C(=O)NCC2CN(CC(C)C)C(=O)CO2)cc1C. The summed E-state index contributed by atoms with van der Waals surface area (Å²) in [7, 11) is 0. The van der Waals surface area contributed by atoms with Crippen LogP contribution in [0.3, 0.4) is 0 Å². The smallest absolute Gasteiger partial charge is 0.251 e. The minimum absolute atomic E-state index is 0.0236. The number of amides is 2. The molecule has 5 heteroatoms. The van der Waals surface area contributed by atoms with Crippen LogP contribution in [0.4, 0.5) is 0 Å². The fourth-order valence-corrected chi connectivity index (χ4v) is 2.61. The molecule has 1 saturated heterocycles. The maximum absolute atomic E-state index is 12.2. The minimum Gasteiger partial charge on any atom is -0.365 e. The molecule has 23 heavy (non-hydrogen) atoms. The second-order valence-corrected chi connectivity index (χ2v) is 6.63. The van der Waals surface area contributed by atoms with Crippen molar-refractivity contribution in [1.29, 1.82) is 0 Å². The molecule has 2 rings (SSSR count). The maximum Gasteiger partial charge on any atom is 0.251 e. The number of benzene rings is 1. The molecule has 126 valence electrons. The lowest BCUT2D eigenvalue weighted by atomic mass is 10.1. The molecule has 5 nitrogen and oxygen atoms in total. The lowest BCUT2D eigenvalue weighted by Crippen LogP contribution is -2.51. The monoisotopic (exact) mass is 318 g/mol. The van der Waals surface area contributed by atoms with Gasteiger partial charge in [0.25, 0.3) is 5.91 Å². The first-order valence-electron chi connectivity index (χ1n) is 8.11. The Morgan fingerprint density at radius 3 is 2.74 bits per heavy atom. The van der Waals surface area contributed by atoms with Crippen LogP contribution in [0.25, 0.3) is 0 Å². The highest BCUT2D eigenvalue weighted by atomic mass is 16.5. The zero-order valence-corrected chi connectivity index (χ0v) is 14.4. The van der Waals surface area contributed by atoms with Gasteiger partial charge in [0.15, 0.2) is 0 Å². The molecular formula is C18H26N2O3. The Balaban J connectivity index is 1.88. The van der Waals surface area contributed by atoms with Gasteiger partial charge in [-0.25, -0.2) is 0 Å². The van der Waals surface area contributed by atoms with Gasteiger partial charge in [0.2, 0.25) is 5.91 Å². The van der Waals surface area contributed by atoms with Gasteiger partial charge in [-0.3, -0.25) is 9.59 Å². The van der Waals surface area contributed by atoms with Crippen LogP contribution in [0.1, 0.15) is 35.3 Å². The van der Waals surface area contributed by atoms with E-state index in [1.54, 1.807) is 0 Å². The number of nitrogens with zero attached hydrogens (tertiary/aromatic N) is 1. The molecule has 0 spiro atoms. The number of aryl methyl sites for hydroxylation is 2. The molecule has 1 aliphatic heterocycles. The third-order valence-electron chi connectivity index (χ3n) is 4.06. The number of hydrogen-bond donors (Lipinski definition) is 1. The van der Waals surface area contributed by atoms with E-state index in [0.29, 0.717) is 24.6 Å². The van der Waals surface area contributed by atoms with E-state index in [1.165, 1.54) is 5.56 Å². The Hall–Kier alpha value is -1.88. The van der Waals surface area contributed by atoms with Gasteiger partial charge in [0.1, 0.15) is 6.61 Å². The molecule has 0 aliphatic carbocycles. The summed E-state index contributed by atoms with van der Waals surface area (Å²) >= 11 is 0. The summed E-state index contributed by atoms with van der Waals surface area (Å²) in [5.74, 6) is 0.335. The van der Waals surface area contributed by atoms with E-state index < -0.39 is 0 Å². The Morgan fingerprint density at radius 2 is 2.09 bits per heavy atom. The van der Waals surface area contributed by atoms with Crippen molar-refractivity contribution in [3.05, 3.63) is 34.9 Å². The Kier molecular flexibility index (Phi) is 5.77. The van der Waals surface area contributed by atoms with E-state index >= 15 is 0 Å². The van der Waals surface area contributed by atoms with Crippen LogP contribution in [0.2, 0.25) is 0 Å². The predicted octanol–water partition coefficient (Wildman–Crippen LogP) is 1.92. The van der Waals surface area contributed by atoms with Gasteiger partial charge < -0.3 is 15.0 Å². The fourth-order valence-electron chi connectivity index (χ4n) is 2.61. The number of hydrogen-bond acceptors (Lipinski definition) is 3. The van der Waals surface area contributed by atoms with Gasteiger partial charge in [-0.05, 0) is 43.0 Å². The lowest BCUT2D eigenvalue weighted by molar-refractivity contribution is -0.149. The van der Waals surface area contributed by atoms with Crippen LogP contribution in [0.5, 0.6) is 0 Å². The summed E-state index contributed by atoms with van der Waals surface area (Å²) < 4.78 is 5.53. The summed E-state index contributed by atoms with van der Waals surface area (Å²) in [4.78, 5) is 25.9. The number of carbonyl (C=O) groups excluding carboxylic acids is 2. The normalized spacial score (nSPS) is 18.4. The predicted molar refractivity (Wildman–Crippen MR) is 89.4 cm³/mol. The van der Waals surface area contributed by atoms with Crippen LogP contribution in [0, 0.1) is 19.8 Å². The van der Waals surface area contributed by atoms with Crippen LogP contribution >= 0.6 is 0 Å². The highest BCUT2D eigenvalue weighted by Crippen LogP contribution is 2.11. The molecule has 1 aromatic carbocycles. The summed E-state index contributed by atoms with van der Waals surface area (Å²) in [6.45, 7) is 9.94. The van der Waals surface area contributed by atoms with Crippen molar-refractivity contribution in [2.24, 2.45) is 5.92 Å². The summed E-state index contributed by atoms with van der Waals surface area (Å²) in [5.41, 5.74) is 2.92. The average molecular weight is 318 g/mol. The molecule has 1 aliphatic rings. The molecule has 0 aromatic heterocycles. The van der Waals surface area contributed by atoms with Crippen molar-refractivity contribution in [3.8, 4) is 0 Å². The van der Waals surface area contributed by atoms with Gasteiger partial charge in [0.05, 0.1) is 6.10 Å². The van der Waals surface area contributed by atoms with Crippen molar-refractivity contribution in [2.75, 3.05) is 26.2 Å². The third kappa shape index (κ3) is 4.79. The van der Waals surface area contributed by atoms with Crippen molar-refractivity contribution in [1.82, 2.24) is 10.2 Å². The number of morpholine rings is 1. The van der Waals surface area contributed by atoms with Crippen molar-refractivity contribution < 1.29 is 14.3 Å². The van der Waals surface area contributed by atoms with E-state index in [4.69, 9.17) is 4.74 Å². The first-order chi connectivity index (χ1) is 10.9. The summed E-state index contributed by atoms with van der Waals surface area (Å²) in [5, 5.41) is 2.90. The van der Waals surface area contributed by atoms with E-state index in [-0.39, 0.29) is 24.5 Å². The number of carbonyl (C=O) groups is 2. The van der Waals surface area contributed by atoms with E-state index in [1.807, 2.05) is 36.9 Å². The molecule has 1 atom stereocenters. The molecule has 0 radical (unpaired) electrons. The molecule has 2 amide bonds. The summed E-state index contributed by atoms with van der Waals surface area (Å²) in [6.07, 6.45) is -0.151. The minimum atomic E-state index is -0.151. The van der Waals surface area contributed by atoms with E-state index in [9.17, 15) is 9.59 Å². The second-order valence-electron chi connectivity index (χ2n) is 6.63. The molecule has 0 bridgehead atoms. The van der Waals surface area contributed by atoms with Crippen LogP contribution < -0.4 is 5.32 Å². The van der Waals surface area contributed by atoms with Crippen LogP contribution in [-0.4, -0.2) is 49.1 Å². The van der Waals surface area contributed by atoms with Crippen molar-refractivity contribution in [2.45, 2.75) is 33.8 Å². The quantitative estimate of drug-likeness (QED) is 0.902. The highest BCUT2D eigenvalue weighted by Gasteiger charge is 2.26.